The number of aryl methyl sites for hydroxylation is 1. The van der Waals surface area contributed by atoms with Crippen molar-refractivity contribution in [3.8, 4) is 57.7 Å². The Kier molecular flexibility index (Phi) is 25.8. The van der Waals surface area contributed by atoms with Crippen LogP contribution < -0.4 is 69.9 Å². The molecule has 0 radical (unpaired) electrons. The normalized spacial score (nSPS) is 11.4. The van der Waals surface area contributed by atoms with Crippen molar-refractivity contribution in [2.24, 2.45) is 22.9 Å². The number of benzene rings is 5. The van der Waals surface area contributed by atoms with Crippen molar-refractivity contribution >= 4 is 76.0 Å². The highest BCUT2D eigenvalue weighted by Crippen LogP contribution is 2.34. The fraction of sp³-hybridized carbons (Fsp3) is 0.160. The number of hydrogen-bond donors (Lipinski definition) is 11. The molecule has 0 unspecified atom stereocenters. The Bertz CT molecular complexity index is 4840. The van der Waals surface area contributed by atoms with Crippen LogP contribution in [0.5, 0.6) is 11.8 Å². The number of carbonyl (C=O) groups is 4. The molecule has 0 saturated carbocycles. The highest BCUT2D eigenvalue weighted by Gasteiger charge is 2.25. The van der Waals surface area contributed by atoms with E-state index in [1.165, 1.54) is 36.7 Å². The highest BCUT2D eigenvalue weighted by atomic mass is 19.1. The highest BCUT2D eigenvalue weighted by molar-refractivity contribution is 5.98. The van der Waals surface area contributed by atoms with Crippen molar-refractivity contribution in [1.29, 1.82) is 10.5 Å². The van der Waals surface area contributed by atoms with Gasteiger partial charge in [-0.15, -0.1) is 0 Å². The number of amides is 4. The van der Waals surface area contributed by atoms with Gasteiger partial charge >= 0.3 is 0 Å². The zero-order valence-corrected chi connectivity index (χ0v) is 57.1. The summed E-state index contributed by atoms with van der Waals surface area (Å²) < 4.78 is 40.2. The van der Waals surface area contributed by atoms with E-state index in [4.69, 9.17) is 32.4 Å². The second-order valence-electron chi connectivity index (χ2n) is 22.9. The monoisotopic (exact) mass is 1420 g/mol. The average molecular weight is 1420 g/mol. The molecule has 3 atom stereocenters. The third kappa shape index (κ3) is 20.2. The number of aromatic nitrogens is 9. The number of ether oxygens (including phenoxy) is 2. The van der Waals surface area contributed by atoms with Crippen molar-refractivity contribution in [1.82, 2.24) is 44.9 Å². The van der Waals surface area contributed by atoms with Crippen molar-refractivity contribution < 1.29 is 37.4 Å². The summed E-state index contributed by atoms with van der Waals surface area (Å²) >= 11 is 0. The third-order valence-electron chi connectivity index (χ3n) is 15.5. The van der Waals surface area contributed by atoms with Crippen LogP contribution >= 0.6 is 0 Å². The number of nitrogens with one attached hydrogen (secondary N) is 7. The molecule has 532 valence electrons. The molecule has 0 spiro atoms. The van der Waals surface area contributed by atoms with Gasteiger partial charge in [-0.05, 0) is 110 Å². The average Bonchev–Trinajstić information content (AvgIpc) is 0.815. The van der Waals surface area contributed by atoms with Gasteiger partial charge in [0.2, 0.25) is 47.3 Å². The number of carbonyl (C=O) groups excluding carboxylic acids is 4. The third-order valence-corrected chi connectivity index (χ3v) is 15.5. The molecule has 0 aliphatic heterocycles. The number of halogens is 2. The molecule has 11 rings (SSSR count). The predicted molar refractivity (Wildman–Crippen MR) is 393 cm³/mol. The summed E-state index contributed by atoms with van der Waals surface area (Å²) in [4.78, 5) is 96.1. The minimum Gasteiger partial charge on any atom is -0.472 e. The molecule has 0 saturated heterocycles. The maximum absolute atomic E-state index is 14.3. The molecule has 105 heavy (non-hydrogen) atoms. The van der Waals surface area contributed by atoms with E-state index < -0.39 is 64.5 Å². The largest absolute Gasteiger partial charge is 0.472 e. The summed E-state index contributed by atoms with van der Waals surface area (Å²) in [7, 11) is 0. The Morgan fingerprint density at radius 3 is 1.26 bits per heavy atom. The van der Waals surface area contributed by atoms with Crippen molar-refractivity contribution in [3.63, 3.8) is 0 Å². The summed E-state index contributed by atoms with van der Waals surface area (Å²) in [6.07, 6.45) is 5.90. The molecule has 4 amide bonds. The van der Waals surface area contributed by atoms with Gasteiger partial charge < -0.3 is 64.3 Å². The van der Waals surface area contributed by atoms with E-state index in [1.54, 1.807) is 68.6 Å². The first-order valence-corrected chi connectivity index (χ1v) is 32.6. The molecule has 15 N–H and O–H groups in total. The Hall–Kier alpha value is -14.3. The molecule has 0 fully saturated rings. The number of primary amides is 4. The minimum absolute atomic E-state index is 0.0256. The number of pyridine rings is 3. The van der Waals surface area contributed by atoms with Crippen molar-refractivity contribution in [3.05, 3.63) is 244 Å². The quantitative estimate of drug-likeness (QED) is 0.0217. The van der Waals surface area contributed by atoms with Crippen molar-refractivity contribution in [2.75, 3.05) is 31.9 Å². The lowest BCUT2D eigenvalue weighted by Gasteiger charge is -2.17. The van der Waals surface area contributed by atoms with Crippen LogP contribution in [0.1, 0.15) is 78.2 Å². The van der Waals surface area contributed by atoms with Crippen LogP contribution in [0.25, 0.3) is 33.8 Å². The van der Waals surface area contributed by atoms with Gasteiger partial charge in [0.05, 0.1) is 5.69 Å². The Labute approximate surface area is 600 Å². The number of nitrogens with two attached hydrogens (primary N) is 4. The van der Waals surface area contributed by atoms with E-state index in [9.17, 15) is 43.3 Å². The van der Waals surface area contributed by atoms with Crippen LogP contribution in [0.3, 0.4) is 0 Å². The Balaban J connectivity index is 0.000000183. The second-order valence-corrected chi connectivity index (χ2v) is 22.9. The standard InChI is InChI=1S/C28H27N7O2.C27H24FN7O2.C20H20FN7O3/c1-3-23(25(30)36)33-28-34-26(22(16-29)27(35-28)37-17-19-10-5-4-6-11-19)32-21-13-7-12-20(15-21)24-18(2)9-8-14-31-24;1-2-22(24(30)36)33-27-34-25(20(15-29)26(35-27)37-16-17-8-4-3-5-9-17)32-19-11-6-10-18(14-19)23-21(28)12-7-13-31-23;1-2-13(16(22)29)26-20-27-18(14(17(23)30)19(31)28-20)25-11-6-3-5-10(9-11)15-12(21)7-4-8-24-15/h4-15,23H,3,17H2,1-2H3,(H2,30,36)(H2,32,33,34,35);3-14,22H,2,16H2,1H3,(H2,30,36)(H2,32,33,34,35);3-9,13H,2H2,1H3,(H2,22,29)(H2,23,30)(H3,25,26,27,28,31)/t23-;22-;13-/m111/s1. The molecule has 11 aromatic rings. The van der Waals surface area contributed by atoms with Gasteiger partial charge in [0.1, 0.15) is 72.1 Å². The zero-order chi connectivity index (χ0) is 74.9. The van der Waals surface area contributed by atoms with Crippen LogP contribution in [-0.4, -0.2) is 86.6 Å². The summed E-state index contributed by atoms with van der Waals surface area (Å²) in [5.41, 5.74) is 28.2. The lowest BCUT2D eigenvalue weighted by Crippen LogP contribution is -2.36. The van der Waals surface area contributed by atoms with E-state index >= 15 is 0 Å². The van der Waals surface area contributed by atoms with Gasteiger partial charge in [-0.1, -0.05) is 124 Å². The molecule has 0 bridgehead atoms. The molecule has 5 aromatic carbocycles. The summed E-state index contributed by atoms with van der Waals surface area (Å²) in [6.45, 7) is 7.70. The maximum atomic E-state index is 14.3. The van der Waals surface area contributed by atoms with Crippen molar-refractivity contribution in [2.45, 2.75) is 78.3 Å². The first-order chi connectivity index (χ1) is 50.8. The van der Waals surface area contributed by atoms with Gasteiger partial charge in [0.15, 0.2) is 28.6 Å². The smallest absolute Gasteiger partial charge is 0.267 e. The number of rotatable bonds is 28. The Morgan fingerprint density at radius 1 is 0.486 bits per heavy atom. The van der Waals surface area contributed by atoms with Crippen LogP contribution in [-0.2, 0) is 27.6 Å². The molecular weight excluding hydrogens is 1340 g/mol. The first-order valence-electron chi connectivity index (χ1n) is 32.6. The molecule has 28 nitrogen and oxygen atoms in total. The fourth-order valence-electron chi connectivity index (χ4n) is 10.1. The van der Waals surface area contributed by atoms with Gasteiger partial charge in [0, 0.05) is 52.3 Å². The number of aromatic amines is 1. The number of nitriles is 2. The molecule has 30 heteroatoms. The molecule has 0 aliphatic rings. The number of anilines is 9. The van der Waals surface area contributed by atoms with E-state index in [1.807, 2.05) is 111 Å². The van der Waals surface area contributed by atoms with Crippen LogP contribution in [0.2, 0.25) is 0 Å². The summed E-state index contributed by atoms with van der Waals surface area (Å²) in [6, 6.07) is 51.5. The zero-order valence-electron chi connectivity index (χ0n) is 57.1. The summed E-state index contributed by atoms with van der Waals surface area (Å²) in [5.74, 6) is -3.26. The maximum Gasteiger partial charge on any atom is 0.267 e. The van der Waals surface area contributed by atoms with Gasteiger partial charge in [0.25, 0.3) is 11.5 Å². The lowest BCUT2D eigenvalue weighted by atomic mass is 10.1. The summed E-state index contributed by atoms with van der Waals surface area (Å²) in [5, 5.41) is 37.7. The Morgan fingerprint density at radius 2 is 0.876 bits per heavy atom. The SMILES string of the molecule is CC[C@@H](Nc1nc(Nc2cccc(-c3ncccc3C)c2)c(C#N)c(OCc2ccccc2)n1)C(N)=O.CC[C@@H](Nc1nc(Nc2cccc(-c3ncccc3F)c2)c(C#N)c(OCc2ccccc2)n1)C(N)=O.CC[C@@H](Nc1nc(Nc2cccc(-c3ncccc3F)c2)c(C(N)=O)c(=O)[nH]1)C(N)=O. The minimum atomic E-state index is -1.00. The molecule has 6 aromatic heterocycles. The molecule has 6 heterocycles. The van der Waals surface area contributed by atoms with E-state index in [-0.39, 0.29) is 82.8 Å². The van der Waals surface area contributed by atoms with Gasteiger partial charge in [-0.2, -0.15) is 35.4 Å². The van der Waals surface area contributed by atoms with Crippen LogP contribution in [0.4, 0.5) is 61.1 Å². The van der Waals surface area contributed by atoms with E-state index in [0.29, 0.717) is 47.5 Å². The molecular formula is C75H71F2N21O7. The predicted octanol–water partition coefficient (Wildman–Crippen LogP) is 10.8. The number of nitrogens with zero attached hydrogens (tertiary/aromatic N) is 10. The van der Waals surface area contributed by atoms with Gasteiger partial charge in [-0.3, -0.25) is 43.9 Å². The first kappa shape index (κ1) is 74.9. The molecule has 0 aliphatic carbocycles. The van der Waals surface area contributed by atoms with E-state index in [2.05, 4.69) is 88.9 Å². The fourth-order valence-corrected chi connectivity index (χ4v) is 10.1. The number of H-pyrrole nitrogens is 1. The number of hydrogen-bond acceptors (Lipinski definition) is 23. The lowest BCUT2D eigenvalue weighted by molar-refractivity contribution is -0.119. The van der Waals surface area contributed by atoms with Crippen LogP contribution in [0.15, 0.2) is 193 Å². The second kappa shape index (κ2) is 36.2. The van der Waals surface area contributed by atoms with Gasteiger partial charge in [-0.25, -0.2) is 8.78 Å². The van der Waals surface area contributed by atoms with Crippen LogP contribution in [0, 0.1) is 41.2 Å². The van der Waals surface area contributed by atoms with E-state index in [0.717, 1.165) is 27.9 Å². The topological polar surface area (TPSA) is 447 Å².